The first-order chi connectivity index (χ1) is 12.5. The Morgan fingerprint density at radius 1 is 1.08 bits per heavy atom. The van der Waals surface area contributed by atoms with Gasteiger partial charge in [-0.1, -0.05) is 23.2 Å². The van der Waals surface area contributed by atoms with Crippen LogP contribution in [0.5, 0.6) is 17.2 Å². The van der Waals surface area contributed by atoms with E-state index in [4.69, 9.17) is 37.4 Å². The van der Waals surface area contributed by atoms with Gasteiger partial charge in [0, 0.05) is 23.9 Å². The Morgan fingerprint density at radius 2 is 1.73 bits per heavy atom. The second-order valence-electron chi connectivity index (χ2n) is 5.41. The Morgan fingerprint density at radius 3 is 2.31 bits per heavy atom. The van der Waals surface area contributed by atoms with Gasteiger partial charge in [-0.3, -0.25) is 4.79 Å². The molecule has 0 aliphatic carbocycles. The van der Waals surface area contributed by atoms with Gasteiger partial charge in [0.1, 0.15) is 15.5 Å². The number of rotatable bonds is 5. The highest BCUT2D eigenvalue weighted by Gasteiger charge is 2.35. The number of amides is 1. The summed E-state index contributed by atoms with van der Waals surface area (Å²) in [5, 5.41) is -0.216. The van der Waals surface area contributed by atoms with Crippen LogP contribution in [0.15, 0.2) is 18.2 Å². The molecule has 0 bridgehead atoms. The van der Waals surface area contributed by atoms with Gasteiger partial charge in [0.25, 0.3) is 5.91 Å². The molecule has 140 valence electrons. The quantitative estimate of drug-likeness (QED) is 0.665. The van der Waals surface area contributed by atoms with Crippen LogP contribution in [0.3, 0.4) is 0 Å². The van der Waals surface area contributed by atoms with Gasteiger partial charge in [0.15, 0.2) is 11.5 Å². The third-order valence-electron chi connectivity index (χ3n) is 4.04. The molecule has 1 aliphatic heterocycles. The summed E-state index contributed by atoms with van der Waals surface area (Å²) in [6.45, 7) is 0.607. The van der Waals surface area contributed by atoms with Crippen molar-refractivity contribution >= 4 is 52.2 Å². The van der Waals surface area contributed by atoms with Crippen molar-refractivity contribution in [2.45, 2.75) is 5.37 Å². The van der Waals surface area contributed by atoms with Gasteiger partial charge in [-0.05, 0) is 12.1 Å². The highest BCUT2D eigenvalue weighted by atomic mass is 35.5. The average Bonchev–Trinajstić information content (AvgIpc) is 3.26. The topological polar surface area (TPSA) is 48.0 Å². The van der Waals surface area contributed by atoms with Gasteiger partial charge in [-0.2, -0.15) is 0 Å². The maximum Gasteiger partial charge on any atom is 0.257 e. The molecule has 2 aromatic rings. The molecule has 2 heterocycles. The van der Waals surface area contributed by atoms with Gasteiger partial charge >= 0.3 is 0 Å². The fourth-order valence-electron chi connectivity index (χ4n) is 2.82. The van der Waals surface area contributed by atoms with Gasteiger partial charge in [-0.25, -0.2) is 0 Å². The van der Waals surface area contributed by atoms with Crippen molar-refractivity contribution in [3.63, 3.8) is 0 Å². The molecule has 0 radical (unpaired) electrons. The third kappa shape index (κ3) is 3.58. The molecule has 5 nitrogen and oxygen atoms in total. The molecule has 0 saturated carbocycles. The molecule has 1 aliphatic rings. The molecule has 1 aromatic carbocycles. The molecule has 1 unspecified atom stereocenters. The summed E-state index contributed by atoms with van der Waals surface area (Å²) >= 11 is 15.0. The lowest BCUT2D eigenvalue weighted by Crippen LogP contribution is -2.30. The average molecular weight is 434 g/mol. The summed E-state index contributed by atoms with van der Waals surface area (Å²) in [6.07, 6.45) is 0. The zero-order valence-electron chi connectivity index (χ0n) is 14.4. The lowest BCUT2D eigenvalue weighted by atomic mass is 10.1. The minimum atomic E-state index is -0.216. The Labute approximate surface area is 170 Å². The van der Waals surface area contributed by atoms with Gasteiger partial charge < -0.3 is 19.1 Å². The van der Waals surface area contributed by atoms with Crippen LogP contribution in [-0.4, -0.2) is 44.4 Å². The smallest absolute Gasteiger partial charge is 0.257 e. The highest BCUT2D eigenvalue weighted by Crippen LogP contribution is 2.47. The molecule has 26 heavy (non-hydrogen) atoms. The summed E-state index contributed by atoms with van der Waals surface area (Å²) in [6, 6.07) is 5.23. The van der Waals surface area contributed by atoms with Crippen molar-refractivity contribution in [2.24, 2.45) is 0 Å². The Kier molecular flexibility index (Phi) is 6.12. The van der Waals surface area contributed by atoms with Crippen LogP contribution in [0, 0.1) is 0 Å². The first kappa shape index (κ1) is 19.5. The Bertz CT molecular complexity index is 827. The van der Waals surface area contributed by atoms with Crippen LogP contribution in [-0.2, 0) is 0 Å². The highest BCUT2D eigenvalue weighted by molar-refractivity contribution is 7.99. The first-order valence-electron chi connectivity index (χ1n) is 7.67. The number of methoxy groups -OCH3 is 3. The maximum absolute atomic E-state index is 13.0. The normalized spacial score (nSPS) is 16.7. The summed E-state index contributed by atoms with van der Waals surface area (Å²) in [5.41, 5.74) is 1.27. The molecular formula is C17H17Cl2NO4S2. The number of hydrogen-bond donors (Lipinski definition) is 0. The van der Waals surface area contributed by atoms with Crippen molar-refractivity contribution in [2.75, 3.05) is 33.6 Å². The van der Waals surface area contributed by atoms with Crippen LogP contribution < -0.4 is 14.2 Å². The molecule has 1 fully saturated rings. The van der Waals surface area contributed by atoms with E-state index < -0.39 is 0 Å². The predicted octanol–water partition coefficient (Wildman–Crippen LogP) is 4.97. The Balaban J connectivity index is 2.00. The lowest BCUT2D eigenvalue weighted by molar-refractivity contribution is 0.0760. The van der Waals surface area contributed by atoms with E-state index in [1.165, 1.54) is 11.3 Å². The summed E-state index contributed by atoms with van der Waals surface area (Å²) < 4.78 is 17.2. The van der Waals surface area contributed by atoms with Gasteiger partial charge in [-0.15, -0.1) is 23.1 Å². The molecule has 1 saturated heterocycles. The minimum Gasteiger partial charge on any atom is -0.496 e. The van der Waals surface area contributed by atoms with E-state index in [1.54, 1.807) is 50.1 Å². The number of halogens is 2. The van der Waals surface area contributed by atoms with E-state index in [2.05, 4.69) is 0 Å². The van der Waals surface area contributed by atoms with Crippen molar-refractivity contribution in [1.29, 1.82) is 0 Å². The SMILES string of the molecule is COc1cc(OC)c(C2SCCN2C(=O)c2cc(Cl)sc2Cl)cc1OC. The monoisotopic (exact) mass is 433 g/mol. The fraction of sp³-hybridized carbons (Fsp3) is 0.353. The number of benzene rings is 1. The number of carbonyl (C=O) groups excluding carboxylic acids is 1. The molecule has 1 amide bonds. The largest absolute Gasteiger partial charge is 0.496 e. The van der Waals surface area contributed by atoms with Crippen molar-refractivity contribution in [3.8, 4) is 17.2 Å². The lowest BCUT2D eigenvalue weighted by Gasteiger charge is -2.26. The molecule has 1 atom stereocenters. The maximum atomic E-state index is 13.0. The third-order valence-corrected chi connectivity index (χ3v) is 6.77. The molecular weight excluding hydrogens is 417 g/mol. The van der Waals surface area contributed by atoms with E-state index in [9.17, 15) is 4.79 Å². The molecule has 9 heteroatoms. The van der Waals surface area contributed by atoms with E-state index in [-0.39, 0.29) is 11.3 Å². The number of ether oxygens (including phenoxy) is 3. The molecule has 0 N–H and O–H groups in total. The first-order valence-corrected chi connectivity index (χ1v) is 10.3. The molecule has 3 rings (SSSR count). The van der Waals surface area contributed by atoms with Gasteiger partial charge in [0.05, 0.1) is 31.2 Å². The van der Waals surface area contributed by atoms with Crippen molar-refractivity contribution in [3.05, 3.63) is 38.0 Å². The number of nitrogens with zero attached hydrogens (tertiary/aromatic N) is 1. The second kappa shape index (κ2) is 8.17. The second-order valence-corrected chi connectivity index (χ2v) is 8.88. The molecule has 0 spiro atoms. The Hall–Kier alpha value is -1.28. The van der Waals surface area contributed by atoms with Gasteiger partial charge in [0.2, 0.25) is 0 Å². The number of thioether (sulfide) groups is 1. The molecule has 1 aromatic heterocycles. The number of carbonyl (C=O) groups is 1. The minimum absolute atomic E-state index is 0.148. The summed E-state index contributed by atoms with van der Waals surface area (Å²) in [4.78, 5) is 14.8. The van der Waals surface area contributed by atoms with E-state index in [0.717, 1.165) is 11.3 Å². The number of hydrogen-bond acceptors (Lipinski definition) is 6. The number of thiophene rings is 1. The predicted molar refractivity (Wildman–Crippen MR) is 107 cm³/mol. The van der Waals surface area contributed by atoms with Crippen LogP contribution in [0.1, 0.15) is 21.3 Å². The van der Waals surface area contributed by atoms with E-state index >= 15 is 0 Å². The summed E-state index contributed by atoms with van der Waals surface area (Å²) in [5.74, 6) is 2.45. The fourth-order valence-corrected chi connectivity index (χ4v) is 5.54. The van der Waals surface area contributed by atoms with Crippen LogP contribution >= 0.6 is 46.3 Å². The van der Waals surface area contributed by atoms with Crippen LogP contribution in [0.2, 0.25) is 8.67 Å². The summed E-state index contributed by atoms with van der Waals surface area (Å²) in [7, 11) is 4.73. The van der Waals surface area contributed by atoms with Crippen molar-refractivity contribution < 1.29 is 19.0 Å². The van der Waals surface area contributed by atoms with E-state index in [1.807, 2.05) is 6.07 Å². The van der Waals surface area contributed by atoms with Crippen LogP contribution in [0.4, 0.5) is 0 Å². The van der Waals surface area contributed by atoms with Crippen molar-refractivity contribution in [1.82, 2.24) is 4.90 Å². The zero-order chi connectivity index (χ0) is 18.8. The van der Waals surface area contributed by atoms with E-state index in [0.29, 0.717) is 38.0 Å². The van der Waals surface area contributed by atoms with Crippen LogP contribution in [0.25, 0.3) is 0 Å². The standard InChI is InChI=1S/C17H17Cl2NO4S2/c1-22-11-8-13(24-3)12(23-2)6-9(11)17-20(4-5-25-17)16(21)10-7-14(18)26-15(10)19/h6-8,17H,4-5H2,1-3H3. The zero-order valence-corrected chi connectivity index (χ0v) is 17.5.